The van der Waals surface area contributed by atoms with E-state index in [1.54, 1.807) is 21.9 Å². The van der Waals surface area contributed by atoms with Crippen LogP contribution < -0.4 is 4.90 Å². The average molecular weight is 385 g/mol. The molecule has 1 amide bonds. The summed E-state index contributed by atoms with van der Waals surface area (Å²) in [6.07, 6.45) is -3.98. The minimum Gasteiger partial charge on any atom is -0.367 e. The van der Waals surface area contributed by atoms with Gasteiger partial charge < -0.3 is 14.7 Å². The van der Waals surface area contributed by atoms with E-state index < -0.39 is 11.7 Å². The van der Waals surface area contributed by atoms with Crippen molar-refractivity contribution < 1.29 is 18.0 Å². The summed E-state index contributed by atoms with van der Waals surface area (Å²) in [4.78, 5) is 17.7. The van der Waals surface area contributed by atoms with E-state index in [2.05, 4.69) is 0 Å². The molecule has 1 aromatic rings. The van der Waals surface area contributed by atoms with Gasteiger partial charge in [0, 0.05) is 44.8 Å². The monoisotopic (exact) mass is 385 g/mol. The molecule has 27 heavy (non-hydrogen) atoms. The second kappa shape index (κ2) is 8.09. The van der Waals surface area contributed by atoms with E-state index >= 15 is 0 Å². The molecule has 2 rings (SSSR count). The van der Waals surface area contributed by atoms with Gasteiger partial charge in [-0.15, -0.1) is 0 Å². The highest BCUT2D eigenvalue weighted by atomic mass is 19.4. The maximum absolute atomic E-state index is 13.7. The van der Waals surface area contributed by atoms with Crippen LogP contribution in [0.2, 0.25) is 0 Å². The Morgan fingerprint density at radius 2 is 1.67 bits per heavy atom. The van der Waals surface area contributed by atoms with E-state index in [0.29, 0.717) is 44.7 Å². The zero-order valence-electron chi connectivity index (χ0n) is 16.9. The summed E-state index contributed by atoms with van der Waals surface area (Å²) >= 11 is 0. The standard InChI is InChI=1S/C20H30F3N3O/c1-19(2,3)15-6-7-17(16(14-15)20(21,22)23)25-10-12-26(13-11-25)18(27)8-9-24(4)5/h6-7,14H,8-13H2,1-5H3. The van der Waals surface area contributed by atoms with Gasteiger partial charge in [-0.2, -0.15) is 13.2 Å². The maximum Gasteiger partial charge on any atom is 0.418 e. The van der Waals surface area contributed by atoms with Crippen molar-refractivity contribution in [3.8, 4) is 0 Å². The van der Waals surface area contributed by atoms with Gasteiger partial charge in [-0.3, -0.25) is 4.79 Å². The third kappa shape index (κ3) is 5.61. The SMILES string of the molecule is CN(C)CCC(=O)N1CCN(c2ccc(C(C)(C)C)cc2C(F)(F)F)CC1. The first kappa shape index (κ1) is 21.5. The van der Waals surface area contributed by atoms with E-state index in [9.17, 15) is 18.0 Å². The molecule has 1 heterocycles. The maximum atomic E-state index is 13.7. The molecule has 7 heteroatoms. The van der Waals surface area contributed by atoms with Gasteiger partial charge in [0.1, 0.15) is 0 Å². The smallest absolute Gasteiger partial charge is 0.367 e. The van der Waals surface area contributed by atoms with Crippen LogP contribution in [0, 0.1) is 0 Å². The minimum absolute atomic E-state index is 0.0578. The molecule has 1 aliphatic heterocycles. The lowest BCUT2D eigenvalue weighted by molar-refractivity contribution is -0.137. The lowest BCUT2D eigenvalue weighted by Crippen LogP contribution is -2.49. The van der Waals surface area contributed by atoms with Gasteiger partial charge in [0.25, 0.3) is 0 Å². The molecular formula is C20H30F3N3O. The molecule has 0 unspecified atom stereocenters. The number of amides is 1. The lowest BCUT2D eigenvalue weighted by atomic mass is 9.85. The Labute approximate surface area is 159 Å². The van der Waals surface area contributed by atoms with E-state index in [4.69, 9.17) is 0 Å². The number of anilines is 1. The fraction of sp³-hybridized carbons (Fsp3) is 0.650. The van der Waals surface area contributed by atoms with Crippen molar-refractivity contribution in [2.45, 2.75) is 38.8 Å². The number of carbonyl (C=O) groups is 1. The molecule has 0 bridgehead atoms. The van der Waals surface area contributed by atoms with Crippen molar-refractivity contribution in [3.63, 3.8) is 0 Å². The number of alkyl halides is 3. The molecule has 152 valence electrons. The highest BCUT2D eigenvalue weighted by molar-refractivity contribution is 5.76. The molecule has 0 atom stereocenters. The first-order chi connectivity index (χ1) is 12.4. The molecular weight excluding hydrogens is 355 g/mol. The molecule has 0 radical (unpaired) electrons. The number of rotatable bonds is 4. The molecule has 0 saturated carbocycles. The van der Waals surface area contributed by atoms with Gasteiger partial charge in [-0.1, -0.05) is 26.8 Å². The van der Waals surface area contributed by atoms with Gasteiger partial charge in [0.05, 0.1) is 5.56 Å². The summed E-state index contributed by atoms with van der Waals surface area (Å²) in [5, 5.41) is 0. The molecule has 0 N–H and O–H groups in total. The van der Waals surface area contributed by atoms with Gasteiger partial charge in [0.15, 0.2) is 0 Å². The van der Waals surface area contributed by atoms with E-state index in [0.717, 1.165) is 0 Å². The topological polar surface area (TPSA) is 26.8 Å². The Kier molecular flexibility index (Phi) is 6.45. The van der Waals surface area contributed by atoms with E-state index in [-0.39, 0.29) is 17.0 Å². The van der Waals surface area contributed by atoms with Crippen molar-refractivity contribution >= 4 is 11.6 Å². The fourth-order valence-corrected chi connectivity index (χ4v) is 3.18. The summed E-state index contributed by atoms with van der Waals surface area (Å²) in [6.45, 7) is 8.10. The number of hydrogen-bond donors (Lipinski definition) is 0. The van der Waals surface area contributed by atoms with Crippen molar-refractivity contribution in [2.75, 3.05) is 51.7 Å². The first-order valence-corrected chi connectivity index (χ1v) is 9.29. The number of halogens is 3. The van der Waals surface area contributed by atoms with Crippen LogP contribution in [0.5, 0.6) is 0 Å². The lowest BCUT2D eigenvalue weighted by Gasteiger charge is -2.37. The van der Waals surface area contributed by atoms with Crippen molar-refractivity contribution in [3.05, 3.63) is 29.3 Å². The first-order valence-electron chi connectivity index (χ1n) is 9.29. The Balaban J connectivity index is 2.14. The summed E-state index contributed by atoms with van der Waals surface area (Å²) < 4.78 is 41.0. The van der Waals surface area contributed by atoms with Crippen LogP contribution in [0.4, 0.5) is 18.9 Å². The molecule has 0 aromatic heterocycles. The van der Waals surface area contributed by atoms with Crippen LogP contribution >= 0.6 is 0 Å². The normalized spacial score (nSPS) is 16.2. The molecule has 1 fully saturated rings. The van der Waals surface area contributed by atoms with E-state index in [1.807, 2.05) is 39.8 Å². The minimum atomic E-state index is -4.41. The Morgan fingerprint density at radius 3 is 2.15 bits per heavy atom. The largest absolute Gasteiger partial charge is 0.418 e. The fourth-order valence-electron chi connectivity index (χ4n) is 3.18. The van der Waals surface area contributed by atoms with Crippen LogP contribution in [-0.4, -0.2) is 62.5 Å². The number of nitrogens with zero attached hydrogens (tertiary/aromatic N) is 3. The molecule has 1 saturated heterocycles. The van der Waals surface area contributed by atoms with Crippen LogP contribution in [-0.2, 0) is 16.4 Å². The Bertz CT molecular complexity index is 657. The highest BCUT2D eigenvalue weighted by Crippen LogP contribution is 2.39. The predicted molar refractivity (Wildman–Crippen MR) is 102 cm³/mol. The molecule has 1 aliphatic rings. The predicted octanol–water partition coefficient (Wildman–Crippen LogP) is 3.60. The third-order valence-electron chi connectivity index (χ3n) is 4.91. The van der Waals surface area contributed by atoms with Crippen molar-refractivity contribution in [1.82, 2.24) is 9.80 Å². The summed E-state index contributed by atoms with van der Waals surface area (Å²) in [7, 11) is 3.82. The van der Waals surface area contributed by atoms with Gasteiger partial charge in [-0.05, 0) is 37.2 Å². The second-order valence-electron chi connectivity index (χ2n) is 8.40. The Morgan fingerprint density at radius 1 is 1.07 bits per heavy atom. The second-order valence-corrected chi connectivity index (χ2v) is 8.40. The van der Waals surface area contributed by atoms with Crippen molar-refractivity contribution in [2.24, 2.45) is 0 Å². The molecule has 1 aromatic carbocycles. The van der Waals surface area contributed by atoms with E-state index in [1.165, 1.54) is 6.07 Å². The van der Waals surface area contributed by atoms with Crippen LogP contribution in [0.3, 0.4) is 0 Å². The van der Waals surface area contributed by atoms with Crippen LogP contribution in [0.15, 0.2) is 18.2 Å². The van der Waals surface area contributed by atoms with Gasteiger partial charge in [0.2, 0.25) is 5.91 Å². The van der Waals surface area contributed by atoms with Gasteiger partial charge >= 0.3 is 6.18 Å². The third-order valence-corrected chi connectivity index (χ3v) is 4.91. The summed E-state index contributed by atoms with van der Waals surface area (Å²) in [6, 6.07) is 4.62. The summed E-state index contributed by atoms with van der Waals surface area (Å²) in [5.41, 5.74) is -0.0786. The quantitative estimate of drug-likeness (QED) is 0.792. The number of hydrogen-bond acceptors (Lipinski definition) is 3. The number of piperazine rings is 1. The zero-order valence-corrected chi connectivity index (χ0v) is 16.9. The molecule has 0 spiro atoms. The number of carbonyl (C=O) groups excluding carboxylic acids is 1. The average Bonchev–Trinajstić information content (AvgIpc) is 2.57. The molecule has 0 aliphatic carbocycles. The van der Waals surface area contributed by atoms with Crippen LogP contribution in [0.25, 0.3) is 0 Å². The van der Waals surface area contributed by atoms with Gasteiger partial charge in [-0.25, -0.2) is 0 Å². The number of benzene rings is 1. The summed E-state index contributed by atoms with van der Waals surface area (Å²) in [5.74, 6) is 0.0578. The van der Waals surface area contributed by atoms with Crippen LogP contribution in [0.1, 0.15) is 38.3 Å². The highest BCUT2D eigenvalue weighted by Gasteiger charge is 2.36. The van der Waals surface area contributed by atoms with Crippen molar-refractivity contribution in [1.29, 1.82) is 0 Å². The molecule has 4 nitrogen and oxygen atoms in total. The zero-order chi connectivity index (χ0) is 20.4. The Hall–Kier alpha value is -1.76.